The standard InChI is InChI=1S/C19H17N5OS.ClH/c1-10(2)13-4-3-5-15(22-13)16-17(24-26-18(16)19(20)25)11-6-7-14-12(8-11)9-21-23-14;/h3-10H,1-2H3,(H2,20,25)(H,21,23);1H. The molecule has 8 heteroatoms. The second-order valence-corrected chi connectivity index (χ2v) is 7.15. The zero-order valence-corrected chi connectivity index (χ0v) is 16.4. The van der Waals surface area contributed by atoms with Gasteiger partial charge in [0.2, 0.25) is 0 Å². The van der Waals surface area contributed by atoms with Gasteiger partial charge in [-0.15, -0.1) is 12.4 Å². The molecule has 4 aromatic rings. The maximum atomic E-state index is 12.0. The molecule has 0 unspecified atom stereocenters. The number of aromatic amines is 1. The molecule has 3 N–H and O–H groups in total. The van der Waals surface area contributed by atoms with E-state index >= 15 is 0 Å². The highest BCUT2D eigenvalue weighted by molar-refractivity contribution is 7.09. The minimum absolute atomic E-state index is 0. The number of nitrogens with two attached hydrogens (primary N) is 1. The fourth-order valence-electron chi connectivity index (χ4n) is 2.90. The summed E-state index contributed by atoms with van der Waals surface area (Å²) in [5, 5.41) is 7.96. The Morgan fingerprint density at radius 2 is 2.04 bits per heavy atom. The molecule has 0 aliphatic carbocycles. The summed E-state index contributed by atoms with van der Waals surface area (Å²) in [6, 6.07) is 11.7. The van der Waals surface area contributed by atoms with Gasteiger partial charge >= 0.3 is 0 Å². The van der Waals surface area contributed by atoms with E-state index in [2.05, 4.69) is 28.4 Å². The van der Waals surface area contributed by atoms with Crippen LogP contribution in [0, 0.1) is 0 Å². The molecule has 1 amide bonds. The third kappa shape index (κ3) is 3.43. The van der Waals surface area contributed by atoms with Crippen LogP contribution in [0.25, 0.3) is 33.4 Å². The number of pyridine rings is 1. The normalized spacial score (nSPS) is 10.9. The Labute approximate surface area is 166 Å². The molecule has 3 heterocycles. The fraction of sp³-hybridized carbons (Fsp3) is 0.158. The van der Waals surface area contributed by atoms with Crippen molar-refractivity contribution in [3.63, 3.8) is 0 Å². The Morgan fingerprint density at radius 3 is 2.78 bits per heavy atom. The van der Waals surface area contributed by atoms with Crippen LogP contribution < -0.4 is 5.73 Å². The van der Waals surface area contributed by atoms with Gasteiger partial charge in [-0.25, -0.2) is 0 Å². The highest BCUT2D eigenvalue weighted by atomic mass is 35.5. The van der Waals surface area contributed by atoms with Gasteiger partial charge in [0.25, 0.3) is 5.91 Å². The first kappa shape index (κ1) is 19.0. The van der Waals surface area contributed by atoms with Gasteiger partial charge in [0.1, 0.15) is 4.88 Å². The zero-order valence-electron chi connectivity index (χ0n) is 14.8. The maximum absolute atomic E-state index is 12.0. The number of hydrogen-bond donors (Lipinski definition) is 2. The first-order valence-corrected chi connectivity index (χ1v) is 9.02. The van der Waals surface area contributed by atoms with Crippen molar-refractivity contribution in [1.29, 1.82) is 0 Å². The van der Waals surface area contributed by atoms with Gasteiger partial charge in [-0.1, -0.05) is 26.0 Å². The summed E-state index contributed by atoms with van der Waals surface area (Å²) < 4.78 is 4.52. The Bertz CT molecular complexity index is 1120. The lowest BCUT2D eigenvalue weighted by Gasteiger charge is -2.09. The number of carbonyl (C=O) groups excluding carboxylic acids is 1. The van der Waals surface area contributed by atoms with Gasteiger partial charge in [0.15, 0.2) is 0 Å². The predicted molar refractivity (Wildman–Crippen MR) is 110 cm³/mol. The quantitative estimate of drug-likeness (QED) is 0.531. The molecule has 0 saturated carbocycles. The summed E-state index contributed by atoms with van der Waals surface area (Å²) in [6.45, 7) is 4.17. The molecule has 0 spiro atoms. The van der Waals surface area contributed by atoms with Crippen LogP contribution in [0.4, 0.5) is 0 Å². The minimum atomic E-state index is -0.495. The van der Waals surface area contributed by atoms with Gasteiger partial charge in [-0.05, 0) is 41.7 Å². The summed E-state index contributed by atoms with van der Waals surface area (Å²) in [5.41, 5.74) is 10.5. The number of fused-ring (bicyclic) bond motifs is 1. The van der Waals surface area contributed by atoms with Crippen molar-refractivity contribution in [3.05, 3.63) is 53.2 Å². The number of carbonyl (C=O) groups is 1. The van der Waals surface area contributed by atoms with Crippen LogP contribution in [-0.4, -0.2) is 25.5 Å². The number of halogens is 1. The topological polar surface area (TPSA) is 97.5 Å². The van der Waals surface area contributed by atoms with E-state index in [9.17, 15) is 4.79 Å². The van der Waals surface area contributed by atoms with E-state index in [0.717, 1.165) is 33.7 Å². The average Bonchev–Trinajstić information content (AvgIpc) is 3.27. The van der Waals surface area contributed by atoms with E-state index < -0.39 is 5.91 Å². The molecule has 27 heavy (non-hydrogen) atoms. The van der Waals surface area contributed by atoms with Crippen molar-refractivity contribution < 1.29 is 4.79 Å². The van der Waals surface area contributed by atoms with E-state index in [1.165, 1.54) is 0 Å². The van der Waals surface area contributed by atoms with Crippen molar-refractivity contribution in [3.8, 4) is 22.5 Å². The minimum Gasteiger partial charge on any atom is -0.365 e. The number of hydrogen-bond acceptors (Lipinski definition) is 5. The number of amides is 1. The van der Waals surface area contributed by atoms with Crippen LogP contribution in [-0.2, 0) is 0 Å². The molecule has 0 saturated heterocycles. The van der Waals surface area contributed by atoms with E-state index in [-0.39, 0.29) is 18.3 Å². The first-order valence-electron chi connectivity index (χ1n) is 8.25. The predicted octanol–water partition coefficient (Wildman–Crippen LogP) is 4.39. The fourth-order valence-corrected chi connectivity index (χ4v) is 3.66. The molecular formula is C19H18ClN5OS. The lowest BCUT2D eigenvalue weighted by molar-refractivity contribution is 0.100. The van der Waals surface area contributed by atoms with Crippen molar-refractivity contribution >= 4 is 40.7 Å². The lowest BCUT2D eigenvalue weighted by atomic mass is 10.0. The third-order valence-electron chi connectivity index (χ3n) is 4.25. The molecule has 0 atom stereocenters. The number of nitrogens with one attached hydrogen (secondary N) is 1. The number of nitrogens with zero attached hydrogens (tertiary/aromatic N) is 3. The first-order chi connectivity index (χ1) is 12.5. The van der Waals surface area contributed by atoms with Crippen LogP contribution in [0.1, 0.15) is 35.1 Å². The lowest BCUT2D eigenvalue weighted by Crippen LogP contribution is -2.10. The van der Waals surface area contributed by atoms with Crippen molar-refractivity contribution in [1.82, 2.24) is 19.6 Å². The molecule has 0 fully saturated rings. The van der Waals surface area contributed by atoms with Crippen LogP contribution in [0.2, 0.25) is 0 Å². The van der Waals surface area contributed by atoms with Gasteiger partial charge in [0.05, 0.1) is 28.7 Å². The largest absolute Gasteiger partial charge is 0.365 e. The molecule has 4 rings (SSSR count). The highest BCUT2D eigenvalue weighted by Crippen LogP contribution is 2.37. The van der Waals surface area contributed by atoms with E-state index in [1.54, 1.807) is 6.20 Å². The number of rotatable bonds is 4. The molecule has 0 aliphatic rings. The number of H-pyrrole nitrogens is 1. The van der Waals surface area contributed by atoms with Crippen LogP contribution in [0.15, 0.2) is 42.6 Å². The summed E-state index contributed by atoms with van der Waals surface area (Å²) >= 11 is 1.11. The number of aromatic nitrogens is 4. The molecule has 3 aromatic heterocycles. The Hall–Kier alpha value is -2.77. The van der Waals surface area contributed by atoms with Gasteiger partial charge < -0.3 is 5.73 Å². The van der Waals surface area contributed by atoms with Gasteiger partial charge in [-0.3, -0.25) is 14.9 Å². The van der Waals surface area contributed by atoms with Gasteiger partial charge in [0, 0.05) is 16.6 Å². The molecule has 1 aromatic carbocycles. The Balaban J connectivity index is 0.00000210. The maximum Gasteiger partial charge on any atom is 0.261 e. The van der Waals surface area contributed by atoms with Crippen molar-refractivity contribution in [2.24, 2.45) is 5.73 Å². The molecule has 0 aliphatic heterocycles. The molecule has 6 nitrogen and oxygen atoms in total. The van der Waals surface area contributed by atoms with E-state index in [0.29, 0.717) is 21.8 Å². The second kappa shape index (κ2) is 7.46. The smallest absolute Gasteiger partial charge is 0.261 e. The third-order valence-corrected chi connectivity index (χ3v) is 5.11. The number of benzene rings is 1. The Kier molecular flexibility index (Phi) is 5.25. The average molecular weight is 400 g/mol. The second-order valence-electron chi connectivity index (χ2n) is 6.37. The Morgan fingerprint density at radius 1 is 1.22 bits per heavy atom. The van der Waals surface area contributed by atoms with Crippen LogP contribution in [0.3, 0.4) is 0 Å². The monoisotopic (exact) mass is 399 g/mol. The SMILES string of the molecule is CC(C)c1cccc(-c2c(-c3ccc4[nH]ncc4c3)nsc2C(N)=O)n1.Cl. The van der Waals surface area contributed by atoms with Crippen molar-refractivity contribution in [2.75, 3.05) is 0 Å². The molecule has 0 bridgehead atoms. The summed E-state index contributed by atoms with van der Waals surface area (Å²) in [4.78, 5) is 17.1. The van der Waals surface area contributed by atoms with Gasteiger partial charge in [-0.2, -0.15) is 9.47 Å². The zero-order chi connectivity index (χ0) is 18.3. The summed E-state index contributed by atoms with van der Waals surface area (Å²) in [7, 11) is 0. The summed E-state index contributed by atoms with van der Waals surface area (Å²) in [6.07, 6.45) is 1.76. The van der Waals surface area contributed by atoms with E-state index in [1.807, 2.05) is 36.4 Å². The van der Waals surface area contributed by atoms with E-state index in [4.69, 9.17) is 10.7 Å². The molecule has 138 valence electrons. The van der Waals surface area contributed by atoms with Crippen LogP contribution in [0.5, 0.6) is 0 Å². The number of primary amides is 1. The summed E-state index contributed by atoms with van der Waals surface area (Å²) in [5.74, 6) is -0.214. The molecular weight excluding hydrogens is 382 g/mol. The molecule has 0 radical (unpaired) electrons. The van der Waals surface area contributed by atoms with Crippen molar-refractivity contribution in [2.45, 2.75) is 19.8 Å². The highest BCUT2D eigenvalue weighted by Gasteiger charge is 2.22. The van der Waals surface area contributed by atoms with Crippen LogP contribution >= 0.6 is 23.9 Å².